The van der Waals surface area contributed by atoms with Crippen molar-refractivity contribution in [2.45, 2.75) is 19.1 Å². The Morgan fingerprint density at radius 1 is 1.06 bits per heavy atom. The number of halogens is 3. The van der Waals surface area contributed by atoms with E-state index in [-0.39, 0.29) is 16.7 Å². The summed E-state index contributed by atoms with van der Waals surface area (Å²) in [4.78, 5) is 7.01. The first kappa shape index (κ1) is 22.3. The molecule has 5 rings (SSSR count). The Labute approximate surface area is 202 Å². The standard InChI is InChI=1S/C24H17F3N4OS2/c1-14-19(22-29-21(30-32-22)18-11-6-12-34-18)20(15-7-3-2-4-8-15)28-23(33)31(14)17-10-5-9-16(13-17)24(25,26)27/h2-13,20H,1H3,(H,28,33). The molecule has 2 aromatic carbocycles. The molecule has 1 unspecified atom stereocenters. The average molecular weight is 499 g/mol. The van der Waals surface area contributed by atoms with Gasteiger partial charge in [0.25, 0.3) is 5.89 Å². The van der Waals surface area contributed by atoms with E-state index in [4.69, 9.17) is 16.7 Å². The molecule has 0 aliphatic carbocycles. The molecule has 0 radical (unpaired) electrons. The van der Waals surface area contributed by atoms with Gasteiger partial charge in [0.1, 0.15) is 0 Å². The van der Waals surface area contributed by atoms with E-state index in [0.29, 0.717) is 17.1 Å². The fraction of sp³-hybridized carbons (Fsp3) is 0.125. The number of allylic oxidation sites excluding steroid dienone is 1. The lowest BCUT2D eigenvalue weighted by Crippen LogP contribution is -2.46. The third-order valence-corrected chi connectivity index (χ3v) is 6.61. The molecule has 5 nitrogen and oxygen atoms in total. The number of rotatable bonds is 4. The van der Waals surface area contributed by atoms with Gasteiger partial charge in [-0.15, -0.1) is 11.3 Å². The predicted molar refractivity (Wildman–Crippen MR) is 129 cm³/mol. The van der Waals surface area contributed by atoms with Gasteiger partial charge in [-0.05, 0) is 54.4 Å². The Morgan fingerprint density at radius 2 is 1.85 bits per heavy atom. The normalized spacial score (nSPS) is 16.6. The van der Waals surface area contributed by atoms with Crippen LogP contribution in [0.2, 0.25) is 0 Å². The highest BCUT2D eigenvalue weighted by atomic mass is 32.1. The number of nitrogens with zero attached hydrogens (tertiary/aromatic N) is 3. The largest absolute Gasteiger partial charge is 0.416 e. The fourth-order valence-corrected chi connectivity index (χ4v) is 4.90. The van der Waals surface area contributed by atoms with Gasteiger partial charge < -0.3 is 9.84 Å². The Morgan fingerprint density at radius 3 is 2.56 bits per heavy atom. The van der Waals surface area contributed by atoms with Crippen LogP contribution < -0.4 is 10.2 Å². The quantitative estimate of drug-likeness (QED) is 0.317. The van der Waals surface area contributed by atoms with Gasteiger partial charge in [0.15, 0.2) is 5.11 Å². The van der Waals surface area contributed by atoms with E-state index in [1.54, 1.807) is 17.9 Å². The SMILES string of the molecule is CC1=C(c2nc(-c3cccs3)no2)C(c2ccccc2)NC(=S)N1c1cccc(C(F)(F)F)c1. The van der Waals surface area contributed by atoms with Crippen LogP contribution in [0, 0.1) is 0 Å². The van der Waals surface area contributed by atoms with Crippen LogP contribution >= 0.6 is 23.6 Å². The molecule has 2 aromatic heterocycles. The van der Waals surface area contributed by atoms with Crippen LogP contribution in [-0.2, 0) is 6.18 Å². The van der Waals surface area contributed by atoms with Crippen LogP contribution in [0.1, 0.15) is 30.0 Å². The maximum absolute atomic E-state index is 13.4. The van der Waals surface area contributed by atoms with Gasteiger partial charge in [-0.3, -0.25) is 4.90 Å². The number of nitrogens with one attached hydrogen (secondary N) is 1. The van der Waals surface area contributed by atoms with Crippen molar-refractivity contribution in [3.8, 4) is 10.7 Å². The second-order valence-electron chi connectivity index (χ2n) is 7.58. The van der Waals surface area contributed by atoms with Gasteiger partial charge in [0, 0.05) is 11.4 Å². The number of alkyl halides is 3. The fourth-order valence-electron chi connectivity index (χ4n) is 3.89. The summed E-state index contributed by atoms with van der Waals surface area (Å²) in [6.45, 7) is 1.79. The monoisotopic (exact) mass is 498 g/mol. The topological polar surface area (TPSA) is 54.2 Å². The van der Waals surface area contributed by atoms with Crippen molar-refractivity contribution in [1.29, 1.82) is 0 Å². The minimum atomic E-state index is -4.48. The molecular formula is C24H17F3N4OS2. The van der Waals surface area contributed by atoms with Crippen molar-refractivity contribution < 1.29 is 17.7 Å². The predicted octanol–water partition coefficient (Wildman–Crippen LogP) is 6.68. The van der Waals surface area contributed by atoms with Crippen molar-refractivity contribution in [2.24, 2.45) is 0 Å². The highest BCUT2D eigenvalue weighted by Gasteiger charge is 2.36. The van der Waals surface area contributed by atoms with Crippen LogP contribution in [0.15, 0.2) is 82.3 Å². The maximum atomic E-state index is 13.4. The van der Waals surface area contributed by atoms with Gasteiger partial charge in [-0.1, -0.05) is 47.6 Å². The number of thiocarbonyl (C=S) groups is 1. The molecule has 0 saturated carbocycles. The summed E-state index contributed by atoms with van der Waals surface area (Å²) in [5, 5.41) is 9.56. The second kappa shape index (κ2) is 8.69. The molecule has 1 N–H and O–H groups in total. The molecular weight excluding hydrogens is 481 g/mol. The van der Waals surface area contributed by atoms with Gasteiger partial charge in [-0.2, -0.15) is 18.2 Å². The Hall–Kier alpha value is -3.50. The first-order valence-corrected chi connectivity index (χ1v) is 11.5. The molecule has 1 atom stereocenters. The minimum absolute atomic E-state index is 0.265. The zero-order valence-corrected chi connectivity index (χ0v) is 19.3. The van der Waals surface area contributed by atoms with E-state index in [9.17, 15) is 13.2 Å². The van der Waals surface area contributed by atoms with Gasteiger partial charge in [0.05, 0.1) is 22.1 Å². The van der Waals surface area contributed by atoms with Gasteiger partial charge in [-0.25, -0.2) is 0 Å². The number of hydrogen-bond donors (Lipinski definition) is 1. The molecule has 1 aliphatic rings. The summed E-state index contributed by atoms with van der Waals surface area (Å²) in [5.41, 5.74) is 1.65. The van der Waals surface area contributed by atoms with Crippen LogP contribution in [0.3, 0.4) is 0 Å². The van der Waals surface area contributed by atoms with E-state index >= 15 is 0 Å². The summed E-state index contributed by atoms with van der Waals surface area (Å²) >= 11 is 7.09. The lowest BCUT2D eigenvalue weighted by molar-refractivity contribution is -0.137. The van der Waals surface area contributed by atoms with Gasteiger partial charge >= 0.3 is 6.18 Å². The van der Waals surface area contributed by atoms with Crippen molar-refractivity contribution in [1.82, 2.24) is 15.5 Å². The number of aromatic nitrogens is 2. The zero-order valence-electron chi connectivity index (χ0n) is 17.7. The van der Waals surface area contributed by atoms with E-state index < -0.39 is 17.8 Å². The molecule has 172 valence electrons. The molecule has 3 heterocycles. The van der Waals surface area contributed by atoms with Crippen LogP contribution in [0.4, 0.5) is 18.9 Å². The molecule has 4 aromatic rings. The summed E-state index contributed by atoms with van der Waals surface area (Å²) in [6.07, 6.45) is -4.48. The molecule has 10 heteroatoms. The van der Waals surface area contributed by atoms with E-state index in [1.165, 1.54) is 17.4 Å². The van der Waals surface area contributed by atoms with E-state index in [0.717, 1.165) is 22.6 Å². The number of benzene rings is 2. The lowest BCUT2D eigenvalue weighted by Gasteiger charge is -2.37. The summed E-state index contributed by atoms with van der Waals surface area (Å²) in [6, 6.07) is 18.0. The van der Waals surface area contributed by atoms with Crippen molar-refractivity contribution >= 4 is 39.9 Å². The smallest absolute Gasteiger partial charge is 0.351 e. The van der Waals surface area contributed by atoms with E-state index in [2.05, 4.69) is 15.5 Å². The summed E-state index contributed by atoms with van der Waals surface area (Å²) in [5.74, 6) is 0.706. The van der Waals surface area contributed by atoms with Crippen LogP contribution in [0.5, 0.6) is 0 Å². The molecule has 0 fully saturated rings. The Kier molecular flexibility index (Phi) is 5.70. The first-order valence-electron chi connectivity index (χ1n) is 10.2. The number of thiophene rings is 1. The molecule has 0 spiro atoms. The molecule has 0 saturated heterocycles. The highest BCUT2D eigenvalue weighted by Crippen LogP contribution is 2.40. The number of hydrogen-bond acceptors (Lipinski definition) is 5. The molecule has 1 aliphatic heterocycles. The average Bonchev–Trinajstić information content (AvgIpc) is 3.51. The highest BCUT2D eigenvalue weighted by molar-refractivity contribution is 7.80. The van der Waals surface area contributed by atoms with Crippen molar-refractivity contribution in [2.75, 3.05) is 4.90 Å². The summed E-state index contributed by atoms with van der Waals surface area (Å²) in [7, 11) is 0. The maximum Gasteiger partial charge on any atom is 0.416 e. The second-order valence-corrected chi connectivity index (χ2v) is 8.91. The van der Waals surface area contributed by atoms with Gasteiger partial charge in [0.2, 0.25) is 5.82 Å². The molecule has 34 heavy (non-hydrogen) atoms. The Balaban J connectivity index is 1.66. The van der Waals surface area contributed by atoms with Crippen LogP contribution in [-0.4, -0.2) is 15.3 Å². The number of anilines is 1. The van der Waals surface area contributed by atoms with Crippen molar-refractivity contribution in [3.05, 3.63) is 94.8 Å². The van der Waals surface area contributed by atoms with Crippen LogP contribution in [0.25, 0.3) is 16.3 Å². The Bertz CT molecular complexity index is 1360. The first-order chi connectivity index (χ1) is 16.3. The third-order valence-electron chi connectivity index (χ3n) is 5.45. The minimum Gasteiger partial charge on any atom is -0.351 e. The lowest BCUT2D eigenvalue weighted by atomic mass is 9.94. The summed E-state index contributed by atoms with van der Waals surface area (Å²) < 4.78 is 45.8. The van der Waals surface area contributed by atoms with E-state index in [1.807, 2.05) is 47.8 Å². The molecule has 0 amide bonds. The van der Waals surface area contributed by atoms with Crippen molar-refractivity contribution in [3.63, 3.8) is 0 Å². The third kappa shape index (κ3) is 4.10. The zero-order chi connectivity index (χ0) is 23.9. The molecule has 0 bridgehead atoms.